The number of rotatable bonds is 21. The highest BCUT2D eigenvalue weighted by atomic mass is 14.2. The summed E-state index contributed by atoms with van der Waals surface area (Å²) >= 11 is 0. The SMILES string of the molecule is C.C.CC.CC.CC.CC.CCC(C)CC(C)CC(C)CC(C)CC(C)CCCC(C)CCCC(C)CC(C)CC(C)C. The molecule has 0 aromatic carbocycles. The second-order valence-electron chi connectivity index (χ2n) is 13.9. The molecule has 43 heavy (non-hydrogen) atoms. The summed E-state index contributed by atoms with van der Waals surface area (Å²) in [5.74, 6) is 8.06. The normalized spacial score (nSPS) is 15.6. The summed E-state index contributed by atoms with van der Waals surface area (Å²) < 4.78 is 0. The fourth-order valence-electron chi connectivity index (χ4n) is 6.80. The Morgan fingerprint density at radius 1 is 0.302 bits per heavy atom. The molecule has 8 atom stereocenters. The van der Waals surface area contributed by atoms with Crippen LogP contribution in [0.5, 0.6) is 0 Å². The fraction of sp³-hybridized carbons (Fsp3) is 1.00. The first-order valence-electron chi connectivity index (χ1n) is 19.4. The van der Waals surface area contributed by atoms with Gasteiger partial charge in [0.2, 0.25) is 0 Å². The van der Waals surface area contributed by atoms with Gasteiger partial charge in [0, 0.05) is 0 Å². The third kappa shape index (κ3) is 46.5. The molecule has 0 bridgehead atoms. The molecule has 0 radical (unpaired) electrons. The summed E-state index contributed by atoms with van der Waals surface area (Å²) in [6.45, 7) is 42.9. The van der Waals surface area contributed by atoms with E-state index in [2.05, 4.69) is 76.2 Å². The number of hydrogen-bond acceptors (Lipinski definition) is 0. The van der Waals surface area contributed by atoms with Crippen molar-refractivity contribution in [3.8, 4) is 0 Å². The lowest BCUT2D eigenvalue weighted by Gasteiger charge is -2.24. The first kappa shape index (κ1) is 58.5. The fourth-order valence-corrected chi connectivity index (χ4v) is 6.80. The highest BCUT2D eigenvalue weighted by molar-refractivity contribution is 4.68. The van der Waals surface area contributed by atoms with Gasteiger partial charge >= 0.3 is 0 Å². The van der Waals surface area contributed by atoms with E-state index in [-0.39, 0.29) is 14.9 Å². The van der Waals surface area contributed by atoms with Gasteiger partial charge in [0.05, 0.1) is 0 Å². The standard InChI is InChI=1S/C33H68.4C2H6.2CH4/c1-12-26(4)20-31(9)23-33(11)24-32(10)22-29(7)18-14-16-27(5)15-13-17-28(6)21-30(8)19-25(2)3;4*1-2;;/h25-33H,12-24H2,1-11H3;4*1-2H3;2*1H4. The zero-order valence-electron chi connectivity index (χ0n) is 33.4. The van der Waals surface area contributed by atoms with E-state index in [0.717, 1.165) is 53.3 Å². The Balaban J connectivity index is -0.000000237. The third-order valence-electron chi connectivity index (χ3n) is 8.38. The zero-order chi connectivity index (χ0) is 33.4. The van der Waals surface area contributed by atoms with E-state index < -0.39 is 0 Å². The maximum Gasteiger partial charge on any atom is -0.0438 e. The molecule has 0 rings (SSSR count). The summed E-state index contributed by atoms with van der Waals surface area (Å²) in [6.07, 6.45) is 18.5. The van der Waals surface area contributed by atoms with Crippen LogP contribution in [0.4, 0.5) is 0 Å². The second-order valence-corrected chi connectivity index (χ2v) is 13.9. The molecule has 0 aliphatic heterocycles. The van der Waals surface area contributed by atoms with Crippen molar-refractivity contribution >= 4 is 0 Å². The van der Waals surface area contributed by atoms with Crippen molar-refractivity contribution < 1.29 is 0 Å². The Kier molecular flexibility index (Phi) is 60.1. The van der Waals surface area contributed by atoms with Gasteiger partial charge in [0.25, 0.3) is 0 Å². The van der Waals surface area contributed by atoms with E-state index in [0.29, 0.717) is 0 Å². The topological polar surface area (TPSA) is 0 Å². The molecule has 0 spiro atoms. The van der Waals surface area contributed by atoms with E-state index in [4.69, 9.17) is 0 Å². The molecule has 0 amide bonds. The molecule has 0 aliphatic carbocycles. The Bertz CT molecular complexity index is 424. The van der Waals surface area contributed by atoms with Crippen LogP contribution in [-0.4, -0.2) is 0 Å². The maximum atomic E-state index is 2.51. The van der Waals surface area contributed by atoms with Gasteiger partial charge < -0.3 is 0 Å². The molecule has 0 nitrogen and oxygen atoms in total. The molecule has 0 saturated heterocycles. The van der Waals surface area contributed by atoms with Gasteiger partial charge in [-0.1, -0.05) is 191 Å². The average Bonchev–Trinajstić information content (AvgIpc) is 2.92. The van der Waals surface area contributed by atoms with Crippen molar-refractivity contribution in [2.75, 3.05) is 0 Å². The minimum Gasteiger partial charge on any atom is -0.0776 e. The highest BCUT2D eigenvalue weighted by Crippen LogP contribution is 2.29. The van der Waals surface area contributed by atoms with Crippen molar-refractivity contribution in [1.29, 1.82) is 0 Å². The summed E-state index contributed by atoms with van der Waals surface area (Å²) in [6, 6.07) is 0. The van der Waals surface area contributed by atoms with Gasteiger partial charge in [-0.15, -0.1) is 0 Å². The van der Waals surface area contributed by atoms with Crippen molar-refractivity contribution in [3.63, 3.8) is 0 Å². The highest BCUT2D eigenvalue weighted by Gasteiger charge is 2.17. The summed E-state index contributed by atoms with van der Waals surface area (Å²) in [4.78, 5) is 0. The predicted molar refractivity (Wildman–Crippen MR) is 213 cm³/mol. The molecule has 0 heterocycles. The van der Waals surface area contributed by atoms with Crippen LogP contribution in [0.15, 0.2) is 0 Å². The minimum absolute atomic E-state index is 0. The Labute approximate surface area is 282 Å². The van der Waals surface area contributed by atoms with Gasteiger partial charge in [-0.3, -0.25) is 0 Å². The van der Waals surface area contributed by atoms with Crippen molar-refractivity contribution in [1.82, 2.24) is 0 Å². The van der Waals surface area contributed by atoms with Crippen LogP contribution in [0.25, 0.3) is 0 Å². The lowest BCUT2D eigenvalue weighted by molar-refractivity contribution is 0.277. The molecule has 272 valence electrons. The smallest absolute Gasteiger partial charge is 0.0438 e. The lowest BCUT2D eigenvalue weighted by Crippen LogP contribution is -2.12. The largest absolute Gasteiger partial charge is 0.0776 e. The van der Waals surface area contributed by atoms with Crippen LogP contribution in [-0.2, 0) is 0 Å². The van der Waals surface area contributed by atoms with Crippen molar-refractivity contribution in [2.24, 2.45) is 53.3 Å². The van der Waals surface area contributed by atoms with Gasteiger partial charge in [0.1, 0.15) is 0 Å². The van der Waals surface area contributed by atoms with Crippen LogP contribution in [0.3, 0.4) is 0 Å². The van der Waals surface area contributed by atoms with Crippen molar-refractivity contribution in [2.45, 2.75) is 230 Å². The predicted octanol–water partition coefficient (Wildman–Crippen LogP) is 17.2. The molecule has 8 unspecified atom stereocenters. The maximum absolute atomic E-state index is 2.51. The second kappa shape index (κ2) is 44.1. The Morgan fingerprint density at radius 3 is 0.814 bits per heavy atom. The molecule has 0 aromatic rings. The average molecular weight is 617 g/mol. The molecular formula is C43H100. The van der Waals surface area contributed by atoms with E-state index in [9.17, 15) is 0 Å². The molecule has 0 N–H and O–H groups in total. The van der Waals surface area contributed by atoms with Crippen LogP contribution < -0.4 is 0 Å². The van der Waals surface area contributed by atoms with Crippen LogP contribution >= 0.6 is 0 Å². The lowest BCUT2D eigenvalue weighted by atomic mass is 9.82. The molecule has 0 heteroatoms. The Morgan fingerprint density at radius 2 is 0.535 bits per heavy atom. The molecular weight excluding hydrogens is 516 g/mol. The van der Waals surface area contributed by atoms with Crippen molar-refractivity contribution in [3.05, 3.63) is 0 Å². The van der Waals surface area contributed by atoms with Gasteiger partial charge in [-0.2, -0.15) is 0 Å². The molecule has 0 aromatic heterocycles. The monoisotopic (exact) mass is 617 g/mol. The third-order valence-corrected chi connectivity index (χ3v) is 8.38. The minimum atomic E-state index is 0. The molecule has 0 fully saturated rings. The molecule has 0 aliphatic rings. The van der Waals surface area contributed by atoms with E-state index >= 15 is 0 Å². The first-order valence-corrected chi connectivity index (χ1v) is 19.4. The van der Waals surface area contributed by atoms with Gasteiger partial charge in [-0.25, -0.2) is 0 Å². The molecule has 0 saturated carbocycles. The van der Waals surface area contributed by atoms with E-state index in [1.807, 2.05) is 55.4 Å². The summed E-state index contributed by atoms with van der Waals surface area (Å²) in [5.41, 5.74) is 0. The zero-order valence-corrected chi connectivity index (χ0v) is 33.4. The van der Waals surface area contributed by atoms with Crippen LogP contribution in [0.1, 0.15) is 230 Å². The summed E-state index contributed by atoms with van der Waals surface area (Å²) in [7, 11) is 0. The van der Waals surface area contributed by atoms with E-state index in [1.165, 1.54) is 83.5 Å². The van der Waals surface area contributed by atoms with Gasteiger partial charge in [-0.05, 0) is 91.8 Å². The van der Waals surface area contributed by atoms with E-state index in [1.54, 1.807) is 0 Å². The van der Waals surface area contributed by atoms with Gasteiger partial charge in [0.15, 0.2) is 0 Å². The van der Waals surface area contributed by atoms with Crippen LogP contribution in [0, 0.1) is 53.3 Å². The van der Waals surface area contributed by atoms with Crippen LogP contribution in [0.2, 0.25) is 0 Å². The first-order chi connectivity index (χ1) is 19.4. The summed E-state index contributed by atoms with van der Waals surface area (Å²) in [5, 5.41) is 0. The number of hydrogen-bond donors (Lipinski definition) is 0. The quantitative estimate of drug-likeness (QED) is 0.120. The Hall–Kier alpha value is 0.